The number of carbonyl (C=O) groups is 1. The topological polar surface area (TPSA) is 32.3 Å². The highest BCUT2D eigenvalue weighted by Gasteiger charge is 2.23. The number of aryl methyl sites for hydroxylation is 2. The average Bonchev–Trinajstić information content (AvgIpc) is 2.43. The number of rotatable bonds is 5. The fourth-order valence-electron chi connectivity index (χ4n) is 2.93. The molecule has 0 radical (unpaired) electrons. The van der Waals surface area contributed by atoms with E-state index in [0.29, 0.717) is 12.3 Å². The summed E-state index contributed by atoms with van der Waals surface area (Å²) in [5, 5.41) is 3.54. The Kier molecular flexibility index (Phi) is 5.18. The molecule has 1 N–H and O–H groups in total. The van der Waals surface area contributed by atoms with E-state index in [2.05, 4.69) is 44.3 Å². The molecule has 1 atom stereocenters. The van der Waals surface area contributed by atoms with Gasteiger partial charge in [-0.3, -0.25) is 4.79 Å². The molecule has 1 fully saturated rings. The predicted molar refractivity (Wildman–Crippen MR) is 82.8 cm³/mol. The molecule has 3 nitrogen and oxygen atoms in total. The second-order valence-corrected chi connectivity index (χ2v) is 5.77. The molecule has 20 heavy (non-hydrogen) atoms. The Morgan fingerprint density at radius 3 is 2.80 bits per heavy atom. The second-order valence-electron chi connectivity index (χ2n) is 5.77. The van der Waals surface area contributed by atoms with E-state index in [-0.39, 0.29) is 6.04 Å². The number of carbonyl (C=O) groups excluding carboxylic acids is 1. The molecule has 1 aliphatic rings. The van der Waals surface area contributed by atoms with Crippen molar-refractivity contribution in [2.45, 2.75) is 46.1 Å². The number of piperidine rings is 1. The predicted octanol–water partition coefficient (Wildman–Crippen LogP) is 2.97. The molecule has 1 heterocycles. The Balaban J connectivity index is 2.17. The monoisotopic (exact) mass is 274 g/mol. The molecule has 0 aromatic heterocycles. The molecule has 0 bridgehead atoms. The number of amides is 1. The molecule has 2 rings (SSSR count). The summed E-state index contributed by atoms with van der Waals surface area (Å²) in [6, 6.07) is 6.81. The third kappa shape index (κ3) is 3.60. The highest BCUT2D eigenvalue weighted by Crippen LogP contribution is 2.22. The Bertz CT molecular complexity index is 470. The fourth-order valence-corrected chi connectivity index (χ4v) is 2.93. The summed E-state index contributed by atoms with van der Waals surface area (Å²) in [5.41, 5.74) is 3.90. The van der Waals surface area contributed by atoms with E-state index >= 15 is 0 Å². The van der Waals surface area contributed by atoms with Gasteiger partial charge >= 0.3 is 0 Å². The van der Waals surface area contributed by atoms with Crippen LogP contribution in [0.2, 0.25) is 0 Å². The Hall–Kier alpha value is -1.35. The Morgan fingerprint density at radius 2 is 2.10 bits per heavy atom. The number of nitrogens with zero attached hydrogens (tertiary/aromatic N) is 1. The van der Waals surface area contributed by atoms with Gasteiger partial charge in [0.1, 0.15) is 0 Å². The van der Waals surface area contributed by atoms with Gasteiger partial charge < -0.3 is 10.2 Å². The normalized spacial score (nSPS) is 17.4. The van der Waals surface area contributed by atoms with Gasteiger partial charge in [-0.25, -0.2) is 0 Å². The van der Waals surface area contributed by atoms with E-state index in [0.717, 1.165) is 32.5 Å². The first-order chi connectivity index (χ1) is 9.61. The quantitative estimate of drug-likeness (QED) is 0.895. The molecule has 1 amide bonds. The molecule has 3 heteroatoms. The van der Waals surface area contributed by atoms with Crippen LogP contribution in [0.5, 0.6) is 0 Å². The minimum Gasteiger partial charge on any atom is -0.341 e. The summed E-state index contributed by atoms with van der Waals surface area (Å²) in [6.45, 7) is 9.01. The third-order valence-corrected chi connectivity index (χ3v) is 4.09. The maximum absolute atomic E-state index is 12.0. The number of nitrogens with one attached hydrogen (secondary N) is 1. The standard InChI is InChI=1S/C17H26N2O/c1-4-18-16(12-19-10-6-5-7-17(19)20)15-11-13(2)8-9-14(15)3/h8-9,11,16,18H,4-7,10,12H2,1-3H3. The van der Waals surface area contributed by atoms with Crippen molar-refractivity contribution in [3.63, 3.8) is 0 Å². The number of likely N-dealkylation sites (N-methyl/N-ethyl adjacent to an activating group) is 1. The van der Waals surface area contributed by atoms with Gasteiger partial charge in [-0.2, -0.15) is 0 Å². The van der Waals surface area contributed by atoms with Gasteiger partial charge in [0.15, 0.2) is 0 Å². The molecule has 0 saturated carbocycles. The molecular weight excluding hydrogens is 248 g/mol. The van der Waals surface area contributed by atoms with Gasteiger partial charge in [0, 0.05) is 19.5 Å². The van der Waals surface area contributed by atoms with Gasteiger partial charge in [-0.15, -0.1) is 0 Å². The Labute approximate surface area is 122 Å². The molecule has 0 aliphatic carbocycles. The van der Waals surface area contributed by atoms with Crippen LogP contribution in [-0.4, -0.2) is 30.4 Å². The van der Waals surface area contributed by atoms with Crippen LogP contribution in [0, 0.1) is 13.8 Å². The molecule has 110 valence electrons. The molecule has 1 aromatic rings. The molecular formula is C17H26N2O. The van der Waals surface area contributed by atoms with Crippen LogP contribution in [0.25, 0.3) is 0 Å². The lowest BCUT2D eigenvalue weighted by molar-refractivity contribution is -0.133. The van der Waals surface area contributed by atoms with Crippen LogP contribution in [0.15, 0.2) is 18.2 Å². The number of hydrogen-bond acceptors (Lipinski definition) is 2. The lowest BCUT2D eigenvalue weighted by Crippen LogP contribution is -2.41. The van der Waals surface area contributed by atoms with Crippen LogP contribution in [0.1, 0.15) is 48.9 Å². The van der Waals surface area contributed by atoms with Gasteiger partial charge in [0.2, 0.25) is 5.91 Å². The molecule has 0 spiro atoms. The maximum atomic E-state index is 12.0. The summed E-state index contributed by atoms with van der Waals surface area (Å²) >= 11 is 0. The van der Waals surface area contributed by atoms with Gasteiger partial charge in [0.25, 0.3) is 0 Å². The lowest BCUT2D eigenvalue weighted by Gasteiger charge is -2.32. The van der Waals surface area contributed by atoms with Crippen LogP contribution < -0.4 is 5.32 Å². The maximum Gasteiger partial charge on any atom is 0.222 e. The first-order valence-corrected chi connectivity index (χ1v) is 7.70. The lowest BCUT2D eigenvalue weighted by atomic mass is 9.97. The van der Waals surface area contributed by atoms with E-state index in [4.69, 9.17) is 0 Å². The van der Waals surface area contributed by atoms with Crippen LogP contribution >= 0.6 is 0 Å². The highest BCUT2D eigenvalue weighted by atomic mass is 16.2. The Morgan fingerprint density at radius 1 is 1.30 bits per heavy atom. The van der Waals surface area contributed by atoms with E-state index in [1.54, 1.807) is 0 Å². The van der Waals surface area contributed by atoms with Crippen molar-refractivity contribution in [1.29, 1.82) is 0 Å². The second kappa shape index (κ2) is 6.89. The van der Waals surface area contributed by atoms with E-state index in [1.165, 1.54) is 16.7 Å². The minimum atomic E-state index is 0.238. The molecule has 1 saturated heterocycles. The van der Waals surface area contributed by atoms with Crippen molar-refractivity contribution in [3.8, 4) is 0 Å². The molecule has 1 unspecified atom stereocenters. The van der Waals surface area contributed by atoms with E-state index in [9.17, 15) is 4.79 Å². The zero-order valence-corrected chi connectivity index (χ0v) is 12.9. The van der Waals surface area contributed by atoms with Crippen LogP contribution in [-0.2, 0) is 4.79 Å². The minimum absolute atomic E-state index is 0.238. The van der Waals surface area contributed by atoms with Gasteiger partial charge in [-0.05, 0) is 44.4 Å². The summed E-state index contributed by atoms with van der Waals surface area (Å²) in [6.07, 6.45) is 2.90. The fraction of sp³-hybridized carbons (Fsp3) is 0.588. The van der Waals surface area contributed by atoms with Crippen molar-refractivity contribution < 1.29 is 4.79 Å². The molecule has 1 aliphatic heterocycles. The van der Waals surface area contributed by atoms with E-state index < -0.39 is 0 Å². The van der Waals surface area contributed by atoms with Crippen molar-refractivity contribution >= 4 is 5.91 Å². The smallest absolute Gasteiger partial charge is 0.222 e. The summed E-state index contributed by atoms with van der Waals surface area (Å²) in [4.78, 5) is 14.0. The largest absolute Gasteiger partial charge is 0.341 e. The molecule has 1 aromatic carbocycles. The van der Waals surface area contributed by atoms with Gasteiger partial charge in [0.05, 0.1) is 6.04 Å². The van der Waals surface area contributed by atoms with E-state index in [1.807, 2.05) is 4.90 Å². The third-order valence-electron chi connectivity index (χ3n) is 4.09. The number of likely N-dealkylation sites (tertiary alicyclic amines) is 1. The zero-order valence-electron chi connectivity index (χ0n) is 12.9. The zero-order chi connectivity index (χ0) is 14.5. The van der Waals surface area contributed by atoms with Crippen LogP contribution in [0.3, 0.4) is 0 Å². The summed E-state index contributed by atoms with van der Waals surface area (Å²) in [7, 11) is 0. The van der Waals surface area contributed by atoms with Gasteiger partial charge in [-0.1, -0.05) is 30.7 Å². The summed E-state index contributed by atoms with van der Waals surface area (Å²) in [5.74, 6) is 0.310. The van der Waals surface area contributed by atoms with Crippen molar-refractivity contribution in [3.05, 3.63) is 34.9 Å². The van der Waals surface area contributed by atoms with Crippen molar-refractivity contribution in [1.82, 2.24) is 10.2 Å². The first kappa shape index (κ1) is 15.0. The van der Waals surface area contributed by atoms with Crippen molar-refractivity contribution in [2.24, 2.45) is 0 Å². The average molecular weight is 274 g/mol. The summed E-state index contributed by atoms with van der Waals surface area (Å²) < 4.78 is 0. The van der Waals surface area contributed by atoms with Crippen LogP contribution in [0.4, 0.5) is 0 Å². The number of benzene rings is 1. The highest BCUT2D eigenvalue weighted by molar-refractivity contribution is 5.76. The SMILES string of the molecule is CCNC(CN1CCCCC1=O)c1cc(C)ccc1C. The van der Waals surface area contributed by atoms with Crippen molar-refractivity contribution in [2.75, 3.05) is 19.6 Å². The first-order valence-electron chi connectivity index (χ1n) is 7.70. The number of hydrogen-bond donors (Lipinski definition) is 1.